The van der Waals surface area contributed by atoms with E-state index in [0.717, 1.165) is 16.3 Å². The topological polar surface area (TPSA) is 26.0 Å². The second kappa shape index (κ2) is 3.94. The van der Waals surface area contributed by atoms with Crippen molar-refractivity contribution in [1.29, 1.82) is 0 Å². The van der Waals surface area contributed by atoms with Crippen molar-refractivity contribution >= 4 is 33.7 Å². The molecule has 0 aliphatic heterocycles. The van der Waals surface area contributed by atoms with E-state index in [1.165, 1.54) is 4.70 Å². The number of furan rings is 1. The molecule has 0 fully saturated rings. The van der Waals surface area contributed by atoms with Gasteiger partial charge in [-0.1, -0.05) is 12.1 Å². The molecule has 0 spiro atoms. The van der Waals surface area contributed by atoms with E-state index in [4.69, 9.17) is 4.42 Å². The first kappa shape index (κ1) is 9.36. The average Bonchev–Trinajstić information content (AvgIpc) is 2.95. The van der Waals surface area contributed by atoms with Crippen LogP contribution in [0.4, 0.5) is 0 Å². The van der Waals surface area contributed by atoms with E-state index in [9.17, 15) is 0 Å². The average molecular weight is 227 g/mol. The van der Waals surface area contributed by atoms with E-state index < -0.39 is 0 Å². The molecule has 2 nitrogen and oxygen atoms in total. The molecular formula is C13H9NOS. The zero-order valence-electron chi connectivity index (χ0n) is 8.46. The summed E-state index contributed by atoms with van der Waals surface area (Å²) in [6.45, 7) is 0. The van der Waals surface area contributed by atoms with Gasteiger partial charge in [-0.25, -0.2) is 4.98 Å². The second-order valence-corrected chi connectivity index (χ2v) is 4.43. The smallest absolute Gasteiger partial charge is 0.126 e. The lowest BCUT2D eigenvalue weighted by molar-refractivity contribution is 0.557. The summed E-state index contributed by atoms with van der Waals surface area (Å²) < 4.78 is 6.43. The normalized spacial score (nSPS) is 11.5. The Morgan fingerprint density at radius 1 is 1.06 bits per heavy atom. The molecule has 0 atom stereocenters. The zero-order chi connectivity index (χ0) is 10.8. The van der Waals surface area contributed by atoms with Crippen LogP contribution in [0.25, 0.3) is 22.4 Å². The van der Waals surface area contributed by atoms with E-state index >= 15 is 0 Å². The van der Waals surface area contributed by atoms with Gasteiger partial charge in [0, 0.05) is 0 Å². The highest BCUT2D eigenvalue weighted by Crippen LogP contribution is 2.23. The number of para-hydroxylation sites is 1. The van der Waals surface area contributed by atoms with E-state index in [1.54, 1.807) is 17.6 Å². The highest BCUT2D eigenvalue weighted by atomic mass is 32.1. The lowest BCUT2D eigenvalue weighted by atomic mass is 10.3. The number of hydrogen-bond acceptors (Lipinski definition) is 3. The van der Waals surface area contributed by atoms with Gasteiger partial charge in [-0.2, -0.15) is 0 Å². The number of nitrogens with zero attached hydrogens (tertiary/aromatic N) is 1. The molecule has 0 amide bonds. The SMILES string of the molecule is C(=C\c1nc2ccccc2s1)/c1ccco1. The Morgan fingerprint density at radius 2 is 2.00 bits per heavy atom. The number of hydrogen-bond donors (Lipinski definition) is 0. The van der Waals surface area contributed by atoms with E-state index in [1.807, 2.05) is 42.5 Å². The van der Waals surface area contributed by atoms with Crippen molar-refractivity contribution in [2.24, 2.45) is 0 Å². The summed E-state index contributed by atoms with van der Waals surface area (Å²) in [6.07, 6.45) is 5.57. The Morgan fingerprint density at radius 3 is 2.81 bits per heavy atom. The van der Waals surface area contributed by atoms with Gasteiger partial charge in [0.05, 0.1) is 16.5 Å². The Bertz CT molecular complexity index is 589. The Hall–Kier alpha value is -1.87. The van der Waals surface area contributed by atoms with Crippen LogP contribution in [0.2, 0.25) is 0 Å². The highest BCUT2D eigenvalue weighted by Gasteiger charge is 1.99. The third-order valence-electron chi connectivity index (χ3n) is 2.24. The molecule has 2 aromatic heterocycles. The molecule has 0 saturated heterocycles. The molecule has 0 N–H and O–H groups in total. The van der Waals surface area contributed by atoms with Crippen molar-refractivity contribution in [2.45, 2.75) is 0 Å². The molecule has 78 valence electrons. The maximum Gasteiger partial charge on any atom is 0.126 e. The summed E-state index contributed by atoms with van der Waals surface area (Å²) in [4.78, 5) is 4.50. The van der Waals surface area contributed by atoms with Crippen LogP contribution in [0.1, 0.15) is 10.8 Å². The minimum absolute atomic E-state index is 0.847. The molecule has 3 heteroatoms. The van der Waals surface area contributed by atoms with Crippen LogP contribution in [-0.2, 0) is 0 Å². The molecule has 0 unspecified atom stereocenters. The van der Waals surface area contributed by atoms with Crippen LogP contribution in [0.5, 0.6) is 0 Å². The number of aromatic nitrogens is 1. The lowest BCUT2D eigenvalue weighted by Crippen LogP contribution is -1.67. The lowest BCUT2D eigenvalue weighted by Gasteiger charge is -1.82. The van der Waals surface area contributed by atoms with Crippen LogP contribution in [-0.4, -0.2) is 4.98 Å². The summed E-state index contributed by atoms with van der Waals surface area (Å²) in [5.41, 5.74) is 1.05. The molecule has 0 radical (unpaired) electrons. The molecule has 3 rings (SSSR count). The maximum absolute atomic E-state index is 5.22. The van der Waals surface area contributed by atoms with Gasteiger partial charge in [-0.3, -0.25) is 0 Å². The van der Waals surface area contributed by atoms with E-state index in [2.05, 4.69) is 11.1 Å². The molecule has 0 bridgehead atoms. The molecule has 0 aliphatic carbocycles. The van der Waals surface area contributed by atoms with Gasteiger partial charge >= 0.3 is 0 Å². The predicted octanol–water partition coefficient (Wildman–Crippen LogP) is 4.06. The van der Waals surface area contributed by atoms with Crippen LogP contribution >= 0.6 is 11.3 Å². The summed E-state index contributed by atoms with van der Waals surface area (Å²) >= 11 is 1.68. The maximum atomic E-state index is 5.22. The van der Waals surface area contributed by atoms with Crippen LogP contribution < -0.4 is 0 Å². The van der Waals surface area contributed by atoms with Gasteiger partial charge < -0.3 is 4.42 Å². The summed E-state index contributed by atoms with van der Waals surface area (Å²) in [7, 11) is 0. The van der Waals surface area contributed by atoms with Crippen LogP contribution in [0.3, 0.4) is 0 Å². The van der Waals surface area contributed by atoms with Crippen molar-refractivity contribution in [3.8, 4) is 0 Å². The standard InChI is InChI=1S/C13H9NOS/c1-2-6-12-11(5-1)14-13(16-12)8-7-10-4-3-9-15-10/h1-9H/b8-7+. The number of thiazole rings is 1. The van der Waals surface area contributed by atoms with Gasteiger partial charge in [-0.15, -0.1) is 11.3 Å². The summed E-state index contributed by atoms with van der Waals surface area (Å²) in [6, 6.07) is 11.9. The van der Waals surface area contributed by atoms with Crippen molar-refractivity contribution in [2.75, 3.05) is 0 Å². The highest BCUT2D eigenvalue weighted by molar-refractivity contribution is 7.19. The van der Waals surface area contributed by atoms with E-state index in [-0.39, 0.29) is 0 Å². The molecule has 16 heavy (non-hydrogen) atoms. The summed E-state index contributed by atoms with van der Waals surface area (Å²) in [5.74, 6) is 0.847. The predicted molar refractivity (Wildman–Crippen MR) is 67.3 cm³/mol. The first-order valence-corrected chi connectivity index (χ1v) is 5.81. The van der Waals surface area contributed by atoms with Crippen molar-refractivity contribution in [3.05, 3.63) is 53.4 Å². The molecule has 0 saturated carbocycles. The van der Waals surface area contributed by atoms with Crippen LogP contribution in [0.15, 0.2) is 47.1 Å². The Balaban J connectivity index is 1.95. The molecular weight excluding hydrogens is 218 g/mol. The van der Waals surface area contributed by atoms with Gasteiger partial charge in [-0.05, 0) is 36.4 Å². The third-order valence-corrected chi connectivity index (χ3v) is 3.25. The van der Waals surface area contributed by atoms with Gasteiger partial charge in [0.25, 0.3) is 0 Å². The molecule has 2 heterocycles. The number of rotatable bonds is 2. The van der Waals surface area contributed by atoms with Crippen LogP contribution in [0, 0.1) is 0 Å². The first-order valence-electron chi connectivity index (χ1n) is 4.99. The molecule has 1 aromatic carbocycles. The largest absolute Gasteiger partial charge is 0.465 e. The first-order chi connectivity index (χ1) is 7.92. The van der Waals surface area contributed by atoms with Crippen molar-refractivity contribution in [1.82, 2.24) is 4.98 Å². The quantitative estimate of drug-likeness (QED) is 0.659. The van der Waals surface area contributed by atoms with Crippen molar-refractivity contribution in [3.63, 3.8) is 0 Å². The van der Waals surface area contributed by atoms with Gasteiger partial charge in [0.2, 0.25) is 0 Å². The minimum Gasteiger partial charge on any atom is -0.465 e. The third kappa shape index (κ3) is 1.77. The zero-order valence-corrected chi connectivity index (χ0v) is 9.28. The number of benzene rings is 1. The van der Waals surface area contributed by atoms with E-state index in [0.29, 0.717) is 0 Å². The summed E-state index contributed by atoms with van der Waals surface area (Å²) in [5, 5.41) is 0.998. The molecule has 3 aromatic rings. The monoisotopic (exact) mass is 227 g/mol. The fraction of sp³-hybridized carbons (Fsp3) is 0. The van der Waals surface area contributed by atoms with Gasteiger partial charge in [0.15, 0.2) is 0 Å². The fourth-order valence-electron chi connectivity index (χ4n) is 1.50. The Kier molecular flexibility index (Phi) is 2.31. The molecule has 0 aliphatic rings. The van der Waals surface area contributed by atoms with Crippen molar-refractivity contribution < 1.29 is 4.42 Å². The fourth-order valence-corrected chi connectivity index (χ4v) is 2.37. The second-order valence-electron chi connectivity index (χ2n) is 3.37. The van der Waals surface area contributed by atoms with Gasteiger partial charge in [0.1, 0.15) is 10.8 Å². The Labute approximate surface area is 96.9 Å². The minimum atomic E-state index is 0.847. The number of fused-ring (bicyclic) bond motifs is 1.